The molecule has 5 heteroatoms. The molecule has 2 heterocycles. The van der Waals surface area contributed by atoms with Crippen LogP contribution in [0.4, 0.5) is 0 Å². The highest BCUT2D eigenvalue weighted by Gasteiger charge is 2.43. The van der Waals surface area contributed by atoms with E-state index in [-0.39, 0.29) is 11.6 Å². The molecular formula is C16H21Cl2NO2. The van der Waals surface area contributed by atoms with Crippen LogP contribution in [0.25, 0.3) is 0 Å². The van der Waals surface area contributed by atoms with Crippen LogP contribution in [0.2, 0.25) is 10.0 Å². The van der Waals surface area contributed by atoms with Gasteiger partial charge in [-0.05, 0) is 49.6 Å². The van der Waals surface area contributed by atoms with Gasteiger partial charge in [-0.3, -0.25) is 0 Å². The van der Waals surface area contributed by atoms with Crippen molar-refractivity contribution in [3.8, 4) is 0 Å². The highest BCUT2D eigenvalue weighted by Crippen LogP contribution is 2.42. The monoisotopic (exact) mass is 329 g/mol. The lowest BCUT2D eigenvalue weighted by Crippen LogP contribution is -2.43. The van der Waals surface area contributed by atoms with Crippen molar-refractivity contribution in [2.75, 3.05) is 26.9 Å². The fraction of sp³-hybridized carbons (Fsp3) is 0.625. The summed E-state index contributed by atoms with van der Waals surface area (Å²) in [5.41, 5.74) is 0.982. The van der Waals surface area contributed by atoms with Crippen molar-refractivity contribution in [3.63, 3.8) is 0 Å². The van der Waals surface area contributed by atoms with E-state index in [9.17, 15) is 0 Å². The topological polar surface area (TPSA) is 30.5 Å². The Morgan fingerprint density at radius 3 is 2.90 bits per heavy atom. The minimum absolute atomic E-state index is 0.0942. The molecule has 3 atom stereocenters. The lowest BCUT2D eigenvalue weighted by molar-refractivity contribution is -0.103. The molecule has 0 amide bonds. The van der Waals surface area contributed by atoms with Crippen molar-refractivity contribution in [2.45, 2.75) is 30.9 Å². The molecule has 1 aromatic rings. The lowest BCUT2D eigenvalue weighted by atomic mass is 9.79. The summed E-state index contributed by atoms with van der Waals surface area (Å²) in [5.74, 6) is 0.474. The summed E-state index contributed by atoms with van der Waals surface area (Å²) >= 11 is 12.5. The van der Waals surface area contributed by atoms with Gasteiger partial charge in [0.2, 0.25) is 0 Å². The van der Waals surface area contributed by atoms with Gasteiger partial charge in [0.25, 0.3) is 0 Å². The Labute approximate surface area is 135 Å². The Morgan fingerprint density at radius 1 is 1.33 bits per heavy atom. The first kappa shape index (κ1) is 15.6. The fourth-order valence-electron chi connectivity index (χ4n) is 3.61. The largest absolute Gasteiger partial charge is 0.378 e. The van der Waals surface area contributed by atoms with Crippen molar-refractivity contribution >= 4 is 23.2 Å². The fourth-order valence-corrected chi connectivity index (χ4v) is 4.03. The van der Waals surface area contributed by atoms with E-state index in [1.54, 1.807) is 0 Å². The van der Waals surface area contributed by atoms with Crippen LogP contribution in [0.1, 0.15) is 30.9 Å². The summed E-state index contributed by atoms with van der Waals surface area (Å²) in [6.45, 7) is 2.29. The second-order valence-corrected chi connectivity index (χ2v) is 6.86. The molecule has 2 aliphatic heterocycles. The third kappa shape index (κ3) is 3.22. The molecule has 116 valence electrons. The number of nitrogens with one attached hydrogen (secondary N) is 1. The summed E-state index contributed by atoms with van der Waals surface area (Å²) in [6.07, 6.45) is 3.01. The van der Waals surface area contributed by atoms with Gasteiger partial charge in [0, 0.05) is 35.7 Å². The molecule has 1 N–H and O–H groups in total. The van der Waals surface area contributed by atoms with E-state index in [1.807, 2.05) is 25.2 Å². The number of ether oxygens (including phenoxy) is 2. The van der Waals surface area contributed by atoms with Crippen LogP contribution in [0, 0.1) is 5.92 Å². The molecule has 0 aromatic heterocycles. The second kappa shape index (κ2) is 6.43. The van der Waals surface area contributed by atoms with Crippen LogP contribution in [-0.2, 0) is 9.47 Å². The maximum atomic E-state index is 6.39. The smallest absolute Gasteiger partial charge is 0.0940 e. The Balaban J connectivity index is 1.84. The number of hydrogen-bond donors (Lipinski definition) is 1. The van der Waals surface area contributed by atoms with Crippen LogP contribution in [0.15, 0.2) is 18.2 Å². The molecule has 1 aromatic carbocycles. The first-order valence-electron chi connectivity index (χ1n) is 7.47. The molecular weight excluding hydrogens is 309 g/mol. The molecule has 2 saturated heterocycles. The first-order valence-corrected chi connectivity index (χ1v) is 8.23. The summed E-state index contributed by atoms with van der Waals surface area (Å²) < 4.78 is 11.6. The predicted molar refractivity (Wildman–Crippen MR) is 85.1 cm³/mol. The minimum atomic E-state index is -0.0942. The third-order valence-electron chi connectivity index (χ3n) is 4.67. The van der Waals surface area contributed by atoms with Gasteiger partial charge in [-0.2, -0.15) is 0 Å². The van der Waals surface area contributed by atoms with Gasteiger partial charge in [-0.15, -0.1) is 0 Å². The molecule has 3 rings (SSSR count). The van der Waals surface area contributed by atoms with Crippen LogP contribution in [0.5, 0.6) is 0 Å². The summed E-state index contributed by atoms with van der Waals surface area (Å²) in [7, 11) is 1.98. The second-order valence-electron chi connectivity index (χ2n) is 6.02. The Hall–Kier alpha value is -0.320. The Morgan fingerprint density at radius 2 is 2.19 bits per heavy atom. The normalized spacial score (nSPS) is 30.7. The summed E-state index contributed by atoms with van der Waals surface area (Å²) in [4.78, 5) is 0. The van der Waals surface area contributed by atoms with Crippen LogP contribution in [0.3, 0.4) is 0 Å². The molecule has 0 aliphatic carbocycles. The van der Waals surface area contributed by atoms with Crippen molar-refractivity contribution in [3.05, 3.63) is 33.8 Å². The number of hydrogen-bond acceptors (Lipinski definition) is 3. The summed E-state index contributed by atoms with van der Waals surface area (Å²) in [6, 6.07) is 5.86. The van der Waals surface area contributed by atoms with Crippen LogP contribution >= 0.6 is 23.2 Å². The molecule has 0 bridgehead atoms. The lowest BCUT2D eigenvalue weighted by Gasteiger charge is -2.40. The number of halogens is 2. The molecule has 3 unspecified atom stereocenters. The zero-order valence-electron chi connectivity index (χ0n) is 12.2. The number of benzene rings is 1. The molecule has 0 radical (unpaired) electrons. The van der Waals surface area contributed by atoms with E-state index in [0.717, 1.165) is 48.1 Å². The zero-order chi connectivity index (χ0) is 14.9. The third-order valence-corrected chi connectivity index (χ3v) is 5.25. The number of rotatable bonds is 3. The highest BCUT2D eigenvalue weighted by atomic mass is 35.5. The molecule has 2 aliphatic rings. The average molecular weight is 330 g/mol. The quantitative estimate of drug-likeness (QED) is 0.913. The van der Waals surface area contributed by atoms with Crippen molar-refractivity contribution < 1.29 is 9.47 Å². The van der Waals surface area contributed by atoms with Crippen LogP contribution in [-0.4, -0.2) is 32.5 Å². The predicted octanol–water partition coefficient (Wildman–Crippen LogP) is 3.84. The Bertz CT molecular complexity index is 503. The van der Waals surface area contributed by atoms with E-state index in [1.165, 1.54) is 0 Å². The highest BCUT2D eigenvalue weighted by molar-refractivity contribution is 6.33. The van der Waals surface area contributed by atoms with Crippen molar-refractivity contribution in [2.24, 2.45) is 5.92 Å². The average Bonchev–Trinajstić information content (AvgIpc) is 2.91. The van der Waals surface area contributed by atoms with Crippen LogP contribution < -0.4 is 5.32 Å². The van der Waals surface area contributed by atoms with Gasteiger partial charge in [0.05, 0.1) is 12.2 Å². The Kier molecular flexibility index (Phi) is 4.77. The maximum Gasteiger partial charge on any atom is 0.0940 e. The van der Waals surface area contributed by atoms with Crippen molar-refractivity contribution in [1.29, 1.82) is 0 Å². The van der Waals surface area contributed by atoms with Gasteiger partial charge in [0.15, 0.2) is 0 Å². The van der Waals surface area contributed by atoms with Gasteiger partial charge in [-0.25, -0.2) is 0 Å². The van der Waals surface area contributed by atoms with Gasteiger partial charge in [0.1, 0.15) is 0 Å². The minimum Gasteiger partial charge on any atom is -0.378 e. The molecule has 0 saturated carbocycles. The first-order chi connectivity index (χ1) is 10.1. The molecule has 3 nitrogen and oxygen atoms in total. The molecule has 2 fully saturated rings. The van der Waals surface area contributed by atoms with E-state index < -0.39 is 0 Å². The zero-order valence-corrected chi connectivity index (χ0v) is 13.7. The molecule has 1 spiro atoms. The van der Waals surface area contributed by atoms with E-state index >= 15 is 0 Å². The van der Waals surface area contributed by atoms with Gasteiger partial charge >= 0.3 is 0 Å². The standard InChI is InChI=1S/C16H21Cl2NO2/c1-19-15(13-8-12(17)2-3-14(13)18)11-4-6-21-16(9-11)5-7-20-10-16/h2-3,8,11,15,19H,4-7,9-10H2,1H3. The maximum absolute atomic E-state index is 6.39. The van der Waals surface area contributed by atoms with Gasteiger partial charge < -0.3 is 14.8 Å². The molecule has 21 heavy (non-hydrogen) atoms. The van der Waals surface area contributed by atoms with Crippen molar-refractivity contribution in [1.82, 2.24) is 5.32 Å². The van der Waals surface area contributed by atoms with Gasteiger partial charge in [-0.1, -0.05) is 23.2 Å². The van der Waals surface area contributed by atoms with E-state index in [0.29, 0.717) is 12.5 Å². The SMILES string of the molecule is CNC(c1cc(Cl)ccc1Cl)C1CCOC2(CCOC2)C1. The van der Waals surface area contributed by atoms with E-state index in [4.69, 9.17) is 32.7 Å². The van der Waals surface area contributed by atoms with E-state index in [2.05, 4.69) is 5.32 Å². The summed E-state index contributed by atoms with van der Waals surface area (Å²) in [5, 5.41) is 4.91.